The van der Waals surface area contributed by atoms with Crippen LogP contribution in [0.5, 0.6) is 5.75 Å². The number of rotatable bonds is 4. The SMILES string of the molecule is Fc1c(-c2ccccc2)ccc(OC(F)(F)F)c1C1CCC(C2CCCC2)CC1. The molecule has 4 rings (SSSR count). The first kappa shape index (κ1) is 20.2. The fourth-order valence-electron chi connectivity index (χ4n) is 5.32. The van der Waals surface area contributed by atoms with Crippen LogP contribution in [0, 0.1) is 17.7 Å². The maximum Gasteiger partial charge on any atom is 0.573 e. The lowest BCUT2D eigenvalue weighted by Crippen LogP contribution is -2.22. The Bertz CT molecular complexity index is 817. The molecule has 0 aromatic heterocycles. The van der Waals surface area contributed by atoms with Crippen molar-refractivity contribution in [3.8, 4) is 16.9 Å². The Kier molecular flexibility index (Phi) is 5.84. The molecule has 0 amide bonds. The highest BCUT2D eigenvalue weighted by molar-refractivity contribution is 5.67. The second-order valence-electron chi connectivity index (χ2n) is 8.41. The molecule has 0 N–H and O–H groups in total. The lowest BCUT2D eigenvalue weighted by Gasteiger charge is -2.33. The second-order valence-corrected chi connectivity index (χ2v) is 8.41. The minimum absolute atomic E-state index is 0.0913. The molecule has 1 nitrogen and oxygen atoms in total. The average molecular weight is 406 g/mol. The molecule has 2 aromatic carbocycles. The molecule has 0 atom stereocenters. The van der Waals surface area contributed by atoms with Crippen molar-refractivity contribution >= 4 is 0 Å². The summed E-state index contributed by atoms with van der Waals surface area (Å²) in [7, 11) is 0. The molecule has 0 bridgehead atoms. The molecule has 2 aliphatic carbocycles. The number of halogens is 4. The maximum atomic E-state index is 15.5. The van der Waals surface area contributed by atoms with Gasteiger partial charge in [-0.15, -0.1) is 13.2 Å². The Morgan fingerprint density at radius 1 is 0.759 bits per heavy atom. The number of alkyl halides is 3. The van der Waals surface area contributed by atoms with Crippen molar-refractivity contribution in [3.63, 3.8) is 0 Å². The lowest BCUT2D eigenvalue weighted by molar-refractivity contribution is -0.275. The summed E-state index contributed by atoms with van der Waals surface area (Å²) in [6.07, 6.45) is 3.58. The van der Waals surface area contributed by atoms with Gasteiger partial charge in [-0.25, -0.2) is 4.39 Å². The van der Waals surface area contributed by atoms with Crippen LogP contribution in [0.4, 0.5) is 17.6 Å². The molecule has 0 unspecified atom stereocenters. The molecule has 5 heteroatoms. The van der Waals surface area contributed by atoms with Crippen molar-refractivity contribution in [2.24, 2.45) is 11.8 Å². The van der Waals surface area contributed by atoms with Crippen LogP contribution in [-0.2, 0) is 0 Å². The van der Waals surface area contributed by atoms with Crippen LogP contribution in [0.15, 0.2) is 42.5 Å². The number of hydrogen-bond acceptors (Lipinski definition) is 1. The van der Waals surface area contributed by atoms with Crippen LogP contribution in [-0.4, -0.2) is 6.36 Å². The van der Waals surface area contributed by atoms with Gasteiger partial charge in [0.1, 0.15) is 11.6 Å². The zero-order valence-electron chi connectivity index (χ0n) is 16.4. The number of benzene rings is 2. The third-order valence-corrected chi connectivity index (χ3v) is 6.70. The Hall–Kier alpha value is -2.04. The molecule has 0 heterocycles. The van der Waals surface area contributed by atoms with E-state index in [1.807, 2.05) is 6.07 Å². The largest absolute Gasteiger partial charge is 0.573 e. The van der Waals surface area contributed by atoms with Crippen molar-refractivity contribution in [2.75, 3.05) is 0 Å². The van der Waals surface area contributed by atoms with Crippen LogP contribution in [0.3, 0.4) is 0 Å². The third-order valence-electron chi connectivity index (χ3n) is 6.70. The van der Waals surface area contributed by atoms with Crippen LogP contribution >= 0.6 is 0 Å². The lowest BCUT2D eigenvalue weighted by atomic mass is 9.73. The molecular formula is C24H26F4O. The van der Waals surface area contributed by atoms with E-state index in [1.54, 1.807) is 24.3 Å². The molecule has 0 aliphatic heterocycles. The molecule has 156 valence electrons. The van der Waals surface area contributed by atoms with Crippen molar-refractivity contribution in [1.29, 1.82) is 0 Å². The standard InChI is InChI=1S/C24H26F4O/c25-23-20(18-8-2-1-3-9-18)14-15-21(29-24(26,27)28)22(23)19-12-10-17(11-13-19)16-6-4-5-7-16/h1-3,8-9,14-17,19H,4-7,10-13H2. The Labute approximate surface area is 169 Å². The van der Waals surface area contributed by atoms with Crippen LogP contribution in [0.1, 0.15) is 62.8 Å². The van der Waals surface area contributed by atoms with E-state index in [9.17, 15) is 13.2 Å². The topological polar surface area (TPSA) is 9.23 Å². The van der Waals surface area contributed by atoms with Crippen LogP contribution in [0.25, 0.3) is 11.1 Å². The minimum atomic E-state index is -4.84. The third kappa shape index (κ3) is 4.59. The summed E-state index contributed by atoms with van der Waals surface area (Å²) in [5.74, 6) is 0.151. The normalized spacial score (nSPS) is 23.3. The second kappa shape index (κ2) is 8.37. The molecular weight excluding hydrogens is 380 g/mol. The van der Waals surface area contributed by atoms with E-state index in [-0.39, 0.29) is 17.2 Å². The van der Waals surface area contributed by atoms with E-state index in [0.29, 0.717) is 29.9 Å². The van der Waals surface area contributed by atoms with Gasteiger partial charge in [0.15, 0.2) is 0 Å². The summed E-state index contributed by atoms with van der Waals surface area (Å²) in [6.45, 7) is 0. The van der Waals surface area contributed by atoms with Gasteiger partial charge in [-0.05, 0) is 61.1 Å². The molecule has 0 saturated heterocycles. The summed E-state index contributed by atoms with van der Waals surface area (Å²) in [5.41, 5.74) is 1.08. The monoisotopic (exact) mass is 406 g/mol. The van der Waals surface area contributed by atoms with Crippen molar-refractivity contribution < 1.29 is 22.3 Å². The quantitative estimate of drug-likeness (QED) is 0.470. The van der Waals surface area contributed by atoms with E-state index < -0.39 is 12.2 Å². The van der Waals surface area contributed by atoms with Gasteiger partial charge in [0, 0.05) is 11.1 Å². The fraction of sp³-hybridized carbons (Fsp3) is 0.500. The van der Waals surface area contributed by atoms with Gasteiger partial charge in [0.2, 0.25) is 0 Å². The fourth-order valence-corrected chi connectivity index (χ4v) is 5.32. The zero-order valence-corrected chi connectivity index (χ0v) is 16.4. The van der Waals surface area contributed by atoms with E-state index in [2.05, 4.69) is 4.74 Å². The van der Waals surface area contributed by atoms with Crippen molar-refractivity contribution in [1.82, 2.24) is 0 Å². The van der Waals surface area contributed by atoms with E-state index in [0.717, 1.165) is 18.8 Å². The van der Waals surface area contributed by atoms with Crippen molar-refractivity contribution in [3.05, 3.63) is 53.8 Å². The van der Waals surface area contributed by atoms with Gasteiger partial charge in [0.25, 0.3) is 0 Å². The van der Waals surface area contributed by atoms with E-state index >= 15 is 4.39 Å². The van der Waals surface area contributed by atoms with Crippen molar-refractivity contribution in [2.45, 2.75) is 63.6 Å². The Morgan fingerprint density at radius 3 is 2.00 bits per heavy atom. The molecule has 2 aliphatic rings. The molecule has 2 saturated carbocycles. The molecule has 2 aromatic rings. The average Bonchev–Trinajstić information content (AvgIpc) is 3.23. The summed E-state index contributed by atoms with van der Waals surface area (Å²) < 4.78 is 58.7. The van der Waals surface area contributed by atoms with Crippen LogP contribution in [0.2, 0.25) is 0 Å². The molecule has 2 fully saturated rings. The first-order valence-electron chi connectivity index (χ1n) is 10.6. The highest BCUT2D eigenvalue weighted by Gasteiger charge is 2.36. The highest BCUT2D eigenvalue weighted by Crippen LogP contribution is 2.47. The molecule has 29 heavy (non-hydrogen) atoms. The Balaban J connectivity index is 1.64. The summed E-state index contributed by atoms with van der Waals surface area (Å²) in [5, 5.41) is 0. The van der Waals surface area contributed by atoms with Gasteiger partial charge >= 0.3 is 6.36 Å². The van der Waals surface area contributed by atoms with E-state index in [1.165, 1.54) is 37.8 Å². The van der Waals surface area contributed by atoms with Gasteiger partial charge < -0.3 is 4.74 Å². The van der Waals surface area contributed by atoms with Crippen LogP contribution < -0.4 is 4.74 Å². The van der Waals surface area contributed by atoms with Gasteiger partial charge in [-0.2, -0.15) is 0 Å². The first-order chi connectivity index (χ1) is 13.9. The minimum Gasteiger partial charge on any atom is -0.405 e. The predicted octanol–water partition coefficient (Wildman–Crippen LogP) is 7.86. The predicted molar refractivity (Wildman–Crippen MR) is 105 cm³/mol. The summed E-state index contributed by atoms with van der Waals surface area (Å²) in [4.78, 5) is 0. The number of ether oxygens (including phenoxy) is 1. The first-order valence-corrected chi connectivity index (χ1v) is 10.6. The number of hydrogen-bond donors (Lipinski definition) is 0. The summed E-state index contributed by atoms with van der Waals surface area (Å²) >= 11 is 0. The van der Waals surface area contributed by atoms with Gasteiger partial charge in [-0.1, -0.05) is 56.0 Å². The maximum absolute atomic E-state index is 15.5. The van der Waals surface area contributed by atoms with Gasteiger partial charge in [0.05, 0.1) is 0 Å². The highest BCUT2D eigenvalue weighted by atomic mass is 19.4. The Morgan fingerprint density at radius 2 is 1.38 bits per heavy atom. The molecule has 0 radical (unpaired) electrons. The zero-order chi connectivity index (χ0) is 20.4. The van der Waals surface area contributed by atoms with Gasteiger partial charge in [-0.3, -0.25) is 0 Å². The smallest absolute Gasteiger partial charge is 0.405 e. The molecule has 0 spiro atoms. The summed E-state index contributed by atoms with van der Waals surface area (Å²) in [6, 6.07) is 11.6. The van der Waals surface area contributed by atoms with E-state index in [4.69, 9.17) is 0 Å².